The van der Waals surface area contributed by atoms with Gasteiger partial charge in [-0.1, -0.05) is 0 Å². The van der Waals surface area contributed by atoms with Crippen molar-refractivity contribution >= 4 is 0 Å². The number of aliphatic hydroxyl groups excluding tert-OH is 1. The first-order chi connectivity index (χ1) is 9.35. The molecule has 1 atom stereocenters. The van der Waals surface area contributed by atoms with E-state index in [1.807, 2.05) is 20.8 Å². The standard InChI is InChI=1S/C16H28N2O2/c1-16(2,3)20-12-15(19)11-18(13-7-8-13)10-14-6-5-9-17(14)4/h5-6,9,13,15,19H,7-8,10-12H2,1-4H3/t15-/m0/s1. The van der Waals surface area contributed by atoms with Gasteiger partial charge in [-0.2, -0.15) is 0 Å². The molecule has 1 aromatic heterocycles. The van der Waals surface area contributed by atoms with Gasteiger partial charge in [-0.3, -0.25) is 4.90 Å². The summed E-state index contributed by atoms with van der Waals surface area (Å²) < 4.78 is 7.82. The van der Waals surface area contributed by atoms with Crippen molar-refractivity contribution in [2.24, 2.45) is 7.05 Å². The molecule has 2 rings (SSSR count). The fourth-order valence-electron chi connectivity index (χ4n) is 2.32. The van der Waals surface area contributed by atoms with Crippen molar-refractivity contribution in [3.63, 3.8) is 0 Å². The van der Waals surface area contributed by atoms with Crippen molar-refractivity contribution in [1.82, 2.24) is 9.47 Å². The second-order valence-electron chi connectivity index (χ2n) is 6.85. The van der Waals surface area contributed by atoms with E-state index in [1.165, 1.54) is 18.5 Å². The Hall–Kier alpha value is -0.840. The van der Waals surface area contributed by atoms with Gasteiger partial charge in [-0.25, -0.2) is 0 Å². The zero-order valence-corrected chi connectivity index (χ0v) is 13.2. The lowest BCUT2D eigenvalue weighted by Crippen LogP contribution is -2.38. The average molecular weight is 280 g/mol. The highest BCUT2D eigenvalue weighted by molar-refractivity contribution is 5.07. The minimum Gasteiger partial charge on any atom is -0.389 e. The number of hydrogen-bond donors (Lipinski definition) is 1. The van der Waals surface area contributed by atoms with E-state index in [9.17, 15) is 5.11 Å². The van der Waals surface area contributed by atoms with Gasteiger partial charge in [0.25, 0.3) is 0 Å². The predicted molar refractivity (Wildman–Crippen MR) is 80.6 cm³/mol. The first-order valence-electron chi connectivity index (χ1n) is 7.51. The van der Waals surface area contributed by atoms with Crippen molar-refractivity contribution in [2.75, 3.05) is 13.2 Å². The molecule has 1 aliphatic rings. The van der Waals surface area contributed by atoms with Crippen LogP contribution in [0.2, 0.25) is 0 Å². The van der Waals surface area contributed by atoms with Gasteiger partial charge in [0.05, 0.1) is 18.3 Å². The molecule has 0 aromatic carbocycles. The molecule has 1 fully saturated rings. The van der Waals surface area contributed by atoms with Gasteiger partial charge in [0.1, 0.15) is 0 Å². The van der Waals surface area contributed by atoms with Gasteiger partial charge in [0.2, 0.25) is 0 Å². The van der Waals surface area contributed by atoms with Gasteiger partial charge in [-0.15, -0.1) is 0 Å². The molecule has 0 saturated heterocycles. The summed E-state index contributed by atoms with van der Waals surface area (Å²) in [5.74, 6) is 0. The first-order valence-corrected chi connectivity index (χ1v) is 7.51. The van der Waals surface area contributed by atoms with Gasteiger partial charge in [0.15, 0.2) is 0 Å². The number of nitrogens with zero attached hydrogens (tertiary/aromatic N) is 2. The number of aryl methyl sites for hydroxylation is 1. The highest BCUT2D eigenvalue weighted by atomic mass is 16.5. The van der Waals surface area contributed by atoms with Crippen LogP contribution < -0.4 is 0 Å². The van der Waals surface area contributed by atoms with Gasteiger partial charge >= 0.3 is 0 Å². The molecule has 1 N–H and O–H groups in total. The van der Waals surface area contributed by atoms with Crippen molar-refractivity contribution in [3.05, 3.63) is 24.0 Å². The van der Waals surface area contributed by atoms with E-state index >= 15 is 0 Å². The maximum Gasteiger partial charge on any atom is 0.0900 e. The van der Waals surface area contributed by atoms with Crippen LogP contribution in [0.1, 0.15) is 39.3 Å². The minimum absolute atomic E-state index is 0.191. The molecule has 4 heteroatoms. The Balaban J connectivity index is 1.85. The lowest BCUT2D eigenvalue weighted by molar-refractivity contribution is -0.0573. The second kappa shape index (κ2) is 6.29. The van der Waals surface area contributed by atoms with E-state index in [1.54, 1.807) is 0 Å². The molecule has 1 heterocycles. The Morgan fingerprint density at radius 2 is 2.15 bits per heavy atom. The molecule has 1 saturated carbocycles. The highest BCUT2D eigenvalue weighted by Gasteiger charge is 2.30. The molecular weight excluding hydrogens is 252 g/mol. The first kappa shape index (κ1) is 15.5. The van der Waals surface area contributed by atoms with Crippen LogP contribution in [0.25, 0.3) is 0 Å². The SMILES string of the molecule is Cn1cccc1CN(C[C@H](O)COC(C)(C)C)C1CC1. The van der Waals surface area contributed by atoms with Gasteiger partial charge < -0.3 is 14.4 Å². The molecular formula is C16H28N2O2. The molecule has 1 aromatic rings. The lowest BCUT2D eigenvalue weighted by Gasteiger charge is -2.27. The highest BCUT2D eigenvalue weighted by Crippen LogP contribution is 2.28. The van der Waals surface area contributed by atoms with Crippen molar-refractivity contribution in [2.45, 2.75) is 57.9 Å². The number of hydrogen-bond acceptors (Lipinski definition) is 3. The van der Waals surface area contributed by atoms with Crippen LogP contribution in [0.15, 0.2) is 18.3 Å². The van der Waals surface area contributed by atoms with Crippen molar-refractivity contribution < 1.29 is 9.84 Å². The molecule has 0 unspecified atom stereocenters. The van der Waals surface area contributed by atoms with Gasteiger partial charge in [-0.05, 0) is 45.7 Å². The monoisotopic (exact) mass is 280 g/mol. The molecule has 0 amide bonds. The fourth-order valence-corrected chi connectivity index (χ4v) is 2.32. The molecule has 0 bridgehead atoms. The summed E-state index contributed by atoms with van der Waals surface area (Å²) in [6.07, 6.45) is 4.14. The molecule has 0 aliphatic heterocycles. The Labute approximate surface area is 122 Å². The minimum atomic E-state index is -0.421. The van der Waals surface area contributed by atoms with Crippen LogP contribution in [0, 0.1) is 0 Å². The quantitative estimate of drug-likeness (QED) is 0.832. The Morgan fingerprint density at radius 1 is 1.45 bits per heavy atom. The Kier molecular flexibility index (Phi) is 4.89. The van der Waals surface area contributed by atoms with Crippen LogP contribution in [-0.2, 0) is 18.3 Å². The third kappa shape index (κ3) is 4.93. The predicted octanol–water partition coefficient (Wildman–Crippen LogP) is 2.17. The normalized spacial score (nSPS) is 17.7. The molecule has 0 radical (unpaired) electrons. The molecule has 4 nitrogen and oxygen atoms in total. The van der Waals surface area contributed by atoms with Crippen LogP contribution in [0.5, 0.6) is 0 Å². The van der Waals surface area contributed by atoms with E-state index in [0.717, 1.165) is 6.54 Å². The van der Waals surface area contributed by atoms with E-state index in [4.69, 9.17) is 4.74 Å². The Bertz CT molecular complexity index is 418. The number of ether oxygens (including phenoxy) is 1. The van der Waals surface area contributed by atoms with Crippen LogP contribution in [0.3, 0.4) is 0 Å². The van der Waals surface area contributed by atoms with E-state index < -0.39 is 6.10 Å². The number of aliphatic hydroxyl groups is 1. The number of rotatable bonds is 7. The zero-order valence-electron chi connectivity index (χ0n) is 13.2. The summed E-state index contributed by atoms with van der Waals surface area (Å²) in [5.41, 5.74) is 1.10. The second-order valence-corrected chi connectivity index (χ2v) is 6.85. The van der Waals surface area contributed by atoms with Crippen LogP contribution in [0.4, 0.5) is 0 Å². The Morgan fingerprint density at radius 3 is 2.65 bits per heavy atom. The summed E-state index contributed by atoms with van der Waals surface area (Å²) in [4.78, 5) is 2.38. The van der Waals surface area contributed by atoms with Crippen LogP contribution in [-0.4, -0.2) is 45.5 Å². The molecule has 20 heavy (non-hydrogen) atoms. The van der Waals surface area contributed by atoms with E-state index in [0.29, 0.717) is 19.2 Å². The van der Waals surface area contributed by atoms with Gasteiger partial charge in [0, 0.05) is 38.1 Å². The average Bonchev–Trinajstić information content (AvgIpc) is 3.11. The summed E-state index contributed by atoms with van der Waals surface area (Å²) in [6, 6.07) is 4.85. The molecule has 114 valence electrons. The molecule has 1 aliphatic carbocycles. The third-order valence-corrected chi connectivity index (χ3v) is 3.63. The van der Waals surface area contributed by atoms with Crippen molar-refractivity contribution in [3.8, 4) is 0 Å². The maximum absolute atomic E-state index is 10.2. The largest absolute Gasteiger partial charge is 0.389 e. The number of aromatic nitrogens is 1. The third-order valence-electron chi connectivity index (χ3n) is 3.63. The summed E-state index contributed by atoms with van der Waals surface area (Å²) in [7, 11) is 2.07. The summed E-state index contributed by atoms with van der Waals surface area (Å²) in [6.45, 7) is 8.04. The zero-order chi connectivity index (χ0) is 14.8. The van der Waals surface area contributed by atoms with Crippen molar-refractivity contribution in [1.29, 1.82) is 0 Å². The topological polar surface area (TPSA) is 37.6 Å². The smallest absolute Gasteiger partial charge is 0.0900 e. The van der Waals surface area contributed by atoms with E-state index in [2.05, 4.69) is 34.8 Å². The summed E-state index contributed by atoms with van der Waals surface area (Å²) >= 11 is 0. The maximum atomic E-state index is 10.2. The fraction of sp³-hybridized carbons (Fsp3) is 0.750. The lowest BCUT2D eigenvalue weighted by atomic mass is 10.2. The molecule has 0 spiro atoms. The summed E-state index contributed by atoms with van der Waals surface area (Å²) in [5, 5.41) is 10.2. The van der Waals surface area contributed by atoms with Crippen LogP contribution >= 0.6 is 0 Å². The van der Waals surface area contributed by atoms with E-state index in [-0.39, 0.29) is 5.60 Å².